The lowest BCUT2D eigenvalue weighted by molar-refractivity contribution is -0.907. The van der Waals surface area contributed by atoms with Gasteiger partial charge in [0.15, 0.2) is 5.82 Å². The molecule has 1 fully saturated rings. The molecule has 0 aromatic carbocycles. The van der Waals surface area contributed by atoms with E-state index in [-0.39, 0.29) is 18.4 Å². The molecule has 1 aliphatic rings. The van der Waals surface area contributed by atoms with Crippen LogP contribution in [-0.4, -0.2) is 67.8 Å². The van der Waals surface area contributed by atoms with E-state index in [1.54, 1.807) is 17.9 Å². The molecular weight excluding hydrogens is 288 g/mol. The van der Waals surface area contributed by atoms with Crippen molar-refractivity contribution in [3.63, 3.8) is 0 Å². The molecule has 0 radical (unpaired) electrons. The van der Waals surface area contributed by atoms with Crippen molar-refractivity contribution < 1.29 is 23.7 Å². The Bertz CT molecular complexity index is 471. The number of hydrogen-bond acceptors (Lipinski definition) is 5. The van der Waals surface area contributed by atoms with Gasteiger partial charge in [-0.3, -0.25) is 9.59 Å². The third kappa shape index (κ3) is 5.12. The van der Waals surface area contributed by atoms with Crippen LogP contribution in [0.5, 0.6) is 0 Å². The second-order valence-corrected chi connectivity index (χ2v) is 5.21. The zero-order valence-corrected chi connectivity index (χ0v) is 12.8. The highest BCUT2D eigenvalue weighted by Gasteiger charge is 2.20. The maximum atomic E-state index is 12.0. The first-order valence-corrected chi connectivity index (χ1v) is 7.58. The van der Waals surface area contributed by atoms with Gasteiger partial charge in [0, 0.05) is 12.5 Å². The van der Waals surface area contributed by atoms with Crippen molar-refractivity contribution >= 4 is 17.6 Å². The second kappa shape index (κ2) is 8.50. The van der Waals surface area contributed by atoms with E-state index in [2.05, 4.69) is 15.0 Å². The molecule has 0 bridgehead atoms. The molecule has 1 aromatic heterocycles. The van der Waals surface area contributed by atoms with Crippen molar-refractivity contribution in [1.82, 2.24) is 10.1 Å². The molecule has 2 N–H and O–H groups in total. The van der Waals surface area contributed by atoms with Crippen molar-refractivity contribution in [3.05, 3.63) is 12.3 Å². The Labute approximate surface area is 129 Å². The van der Waals surface area contributed by atoms with Crippen LogP contribution in [0.3, 0.4) is 0 Å². The maximum Gasteiger partial charge on any atom is 0.245 e. The van der Waals surface area contributed by atoms with Crippen LogP contribution in [0.2, 0.25) is 0 Å². The first-order chi connectivity index (χ1) is 10.7. The lowest BCUT2D eigenvalue weighted by Gasteiger charge is -2.27. The number of quaternary nitrogens is 1. The first kappa shape index (κ1) is 16.4. The van der Waals surface area contributed by atoms with E-state index in [0.717, 1.165) is 32.8 Å². The fraction of sp³-hybridized carbons (Fsp3) is 0.643. The minimum atomic E-state index is -0.271. The average Bonchev–Trinajstić information content (AvgIpc) is 3.04. The van der Waals surface area contributed by atoms with E-state index >= 15 is 0 Å². The van der Waals surface area contributed by atoms with Gasteiger partial charge in [-0.15, -0.1) is 0 Å². The molecule has 2 rings (SSSR count). The zero-order valence-electron chi connectivity index (χ0n) is 12.8. The Kier molecular flexibility index (Phi) is 6.35. The van der Waals surface area contributed by atoms with Crippen molar-refractivity contribution in [2.45, 2.75) is 13.3 Å². The van der Waals surface area contributed by atoms with Gasteiger partial charge in [0.1, 0.15) is 25.9 Å². The number of carbonyl (C=O) groups excluding carboxylic acids is 2. The number of aromatic nitrogens is 1. The van der Waals surface area contributed by atoms with Crippen molar-refractivity contribution in [1.29, 1.82) is 0 Å². The summed E-state index contributed by atoms with van der Waals surface area (Å²) < 4.78 is 9.97. The SMILES string of the molecule is CCC(=O)N(CC[NH+]1CCOCC1)CC(=O)Nc1ccon1. The Morgan fingerprint density at radius 2 is 2.18 bits per heavy atom. The molecule has 1 aromatic rings. The zero-order chi connectivity index (χ0) is 15.8. The Hall–Kier alpha value is -1.93. The molecule has 22 heavy (non-hydrogen) atoms. The summed E-state index contributed by atoms with van der Waals surface area (Å²) in [5.74, 6) is 0.0586. The summed E-state index contributed by atoms with van der Waals surface area (Å²) in [5, 5.41) is 6.22. The van der Waals surface area contributed by atoms with Crippen molar-refractivity contribution in [2.75, 3.05) is 51.3 Å². The Balaban J connectivity index is 1.82. The highest BCUT2D eigenvalue weighted by Crippen LogP contribution is 2.01. The summed E-state index contributed by atoms with van der Waals surface area (Å²) in [7, 11) is 0. The van der Waals surface area contributed by atoms with Gasteiger partial charge in [-0.25, -0.2) is 0 Å². The van der Waals surface area contributed by atoms with E-state index in [1.165, 1.54) is 11.2 Å². The molecule has 2 heterocycles. The molecule has 1 aliphatic heterocycles. The van der Waals surface area contributed by atoms with Gasteiger partial charge in [-0.2, -0.15) is 0 Å². The molecule has 0 saturated carbocycles. The van der Waals surface area contributed by atoms with Gasteiger partial charge < -0.3 is 24.4 Å². The number of amides is 2. The van der Waals surface area contributed by atoms with Crippen molar-refractivity contribution in [3.8, 4) is 0 Å². The molecule has 8 nitrogen and oxygen atoms in total. The van der Waals surface area contributed by atoms with E-state index in [4.69, 9.17) is 4.74 Å². The minimum absolute atomic E-state index is 0.0250. The molecule has 8 heteroatoms. The second-order valence-electron chi connectivity index (χ2n) is 5.21. The van der Waals surface area contributed by atoms with E-state index in [0.29, 0.717) is 18.8 Å². The summed E-state index contributed by atoms with van der Waals surface area (Å²) in [4.78, 5) is 27.0. The predicted octanol–water partition coefficient (Wildman–Crippen LogP) is -1.23. The molecule has 2 amide bonds. The van der Waals surface area contributed by atoms with Gasteiger partial charge in [0.25, 0.3) is 0 Å². The quantitative estimate of drug-likeness (QED) is 0.658. The molecule has 0 atom stereocenters. The van der Waals surface area contributed by atoms with Crippen LogP contribution < -0.4 is 10.2 Å². The highest BCUT2D eigenvalue weighted by atomic mass is 16.5. The first-order valence-electron chi connectivity index (χ1n) is 7.58. The topological polar surface area (TPSA) is 89.1 Å². The van der Waals surface area contributed by atoms with Crippen LogP contribution in [-0.2, 0) is 14.3 Å². The summed E-state index contributed by atoms with van der Waals surface area (Å²) in [5.41, 5.74) is 0. The normalized spacial score (nSPS) is 15.5. The standard InChI is InChI=1S/C14H22N4O4/c1-2-14(20)18(5-4-17-6-9-21-10-7-17)11-13(19)15-12-3-8-22-16-12/h3,8H,2,4-7,9-11H2,1H3,(H,15,16,19)/p+1. The van der Waals surface area contributed by atoms with Crippen LogP contribution in [0.4, 0.5) is 5.82 Å². The molecular formula is C14H23N4O4+. The number of anilines is 1. The summed E-state index contributed by atoms with van der Waals surface area (Å²) >= 11 is 0. The molecule has 0 spiro atoms. The minimum Gasteiger partial charge on any atom is -0.370 e. The monoisotopic (exact) mass is 311 g/mol. The summed E-state index contributed by atoms with van der Waals surface area (Å²) in [6.07, 6.45) is 1.77. The van der Waals surface area contributed by atoms with Gasteiger partial charge in [-0.1, -0.05) is 12.1 Å². The van der Waals surface area contributed by atoms with Gasteiger partial charge in [0.05, 0.1) is 26.3 Å². The lowest BCUT2D eigenvalue weighted by atomic mass is 10.3. The van der Waals surface area contributed by atoms with Crippen LogP contribution in [0.1, 0.15) is 13.3 Å². The van der Waals surface area contributed by atoms with Crippen LogP contribution in [0.25, 0.3) is 0 Å². The van der Waals surface area contributed by atoms with Crippen LogP contribution in [0, 0.1) is 0 Å². The number of rotatable bonds is 7. The van der Waals surface area contributed by atoms with Crippen LogP contribution >= 0.6 is 0 Å². The number of hydrogen-bond donors (Lipinski definition) is 2. The van der Waals surface area contributed by atoms with E-state index < -0.39 is 0 Å². The number of nitrogens with zero attached hydrogens (tertiary/aromatic N) is 2. The fourth-order valence-corrected chi connectivity index (χ4v) is 2.35. The Morgan fingerprint density at radius 3 is 2.82 bits per heavy atom. The smallest absolute Gasteiger partial charge is 0.245 e. The third-order valence-electron chi connectivity index (χ3n) is 3.63. The summed E-state index contributed by atoms with van der Waals surface area (Å²) in [6.45, 7) is 6.61. The van der Waals surface area contributed by atoms with Crippen LogP contribution in [0.15, 0.2) is 16.9 Å². The molecule has 122 valence electrons. The predicted molar refractivity (Wildman–Crippen MR) is 78.4 cm³/mol. The number of morpholine rings is 1. The Morgan fingerprint density at radius 1 is 1.41 bits per heavy atom. The van der Waals surface area contributed by atoms with E-state index in [1.807, 2.05) is 0 Å². The van der Waals surface area contributed by atoms with Gasteiger partial charge >= 0.3 is 0 Å². The van der Waals surface area contributed by atoms with Crippen molar-refractivity contribution in [2.24, 2.45) is 0 Å². The number of carbonyl (C=O) groups is 2. The van der Waals surface area contributed by atoms with E-state index in [9.17, 15) is 9.59 Å². The number of ether oxygens (including phenoxy) is 1. The largest absolute Gasteiger partial charge is 0.370 e. The third-order valence-corrected chi connectivity index (χ3v) is 3.63. The fourth-order valence-electron chi connectivity index (χ4n) is 2.35. The van der Waals surface area contributed by atoms with Gasteiger partial charge in [0.2, 0.25) is 11.8 Å². The molecule has 0 aliphatic carbocycles. The lowest BCUT2D eigenvalue weighted by Crippen LogP contribution is -3.14. The highest BCUT2D eigenvalue weighted by molar-refractivity contribution is 5.93. The molecule has 0 unspecified atom stereocenters. The number of nitrogens with one attached hydrogen (secondary N) is 2. The molecule has 1 saturated heterocycles. The van der Waals surface area contributed by atoms with Gasteiger partial charge in [-0.05, 0) is 0 Å². The maximum absolute atomic E-state index is 12.0. The average molecular weight is 311 g/mol. The summed E-state index contributed by atoms with van der Waals surface area (Å²) in [6, 6.07) is 1.56.